The Morgan fingerprint density at radius 2 is 2.00 bits per heavy atom. The Kier molecular flexibility index (Phi) is 4.69. The third kappa shape index (κ3) is 3.88. The summed E-state index contributed by atoms with van der Waals surface area (Å²) >= 11 is 0. The number of nitro groups is 1. The van der Waals surface area contributed by atoms with Crippen LogP contribution in [0.1, 0.15) is 10.5 Å². The zero-order valence-corrected chi connectivity index (χ0v) is 13.1. The number of rotatable bonds is 6. The number of nitrogens with zero attached hydrogens (tertiary/aromatic N) is 5. The molecule has 0 bridgehead atoms. The van der Waals surface area contributed by atoms with Crippen molar-refractivity contribution < 1.29 is 18.5 Å². The fraction of sp³-hybridized carbons (Fsp3) is 0.133. The van der Waals surface area contributed by atoms with Crippen LogP contribution in [0.4, 0.5) is 20.2 Å². The largest absolute Gasteiger partial charge is 0.318 e. The number of amides is 1. The van der Waals surface area contributed by atoms with Crippen molar-refractivity contribution in [2.75, 3.05) is 5.32 Å². The van der Waals surface area contributed by atoms with Gasteiger partial charge in [0.25, 0.3) is 18.0 Å². The van der Waals surface area contributed by atoms with Gasteiger partial charge in [0.15, 0.2) is 5.69 Å². The third-order valence-corrected chi connectivity index (χ3v) is 3.36. The van der Waals surface area contributed by atoms with Crippen LogP contribution in [-0.2, 0) is 6.54 Å². The predicted molar refractivity (Wildman–Crippen MR) is 86.4 cm³/mol. The normalized spacial score (nSPS) is 10.9. The molecule has 0 aliphatic rings. The molecule has 3 aromatic rings. The van der Waals surface area contributed by atoms with Gasteiger partial charge >= 0.3 is 0 Å². The Hall–Kier alpha value is -3.63. The molecule has 0 fully saturated rings. The molecule has 3 rings (SSSR count). The lowest BCUT2D eigenvalue weighted by atomic mass is 10.3. The fourth-order valence-electron chi connectivity index (χ4n) is 2.18. The maximum Gasteiger partial charge on any atom is 0.276 e. The number of halogens is 2. The molecule has 0 unspecified atom stereocenters. The van der Waals surface area contributed by atoms with Crippen molar-refractivity contribution in [1.29, 1.82) is 0 Å². The lowest BCUT2D eigenvalue weighted by molar-refractivity contribution is -0.384. The topological polar surface area (TPSA) is 108 Å². The summed E-state index contributed by atoms with van der Waals surface area (Å²) in [6.07, 6.45) is 1.53. The molecule has 0 saturated carbocycles. The number of alkyl halides is 2. The van der Waals surface area contributed by atoms with Crippen LogP contribution in [-0.4, -0.2) is 36.8 Å². The van der Waals surface area contributed by atoms with Crippen molar-refractivity contribution in [1.82, 2.24) is 19.6 Å². The zero-order valence-electron chi connectivity index (χ0n) is 13.1. The van der Waals surface area contributed by atoms with Crippen LogP contribution in [0.2, 0.25) is 0 Å². The van der Waals surface area contributed by atoms with E-state index in [2.05, 4.69) is 15.5 Å². The number of carbonyl (C=O) groups excluding carboxylic acids is 1. The van der Waals surface area contributed by atoms with Gasteiger partial charge in [-0.15, -0.1) is 0 Å². The SMILES string of the molecule is O=C(Nc1cnn(CC(F)F)c1)c1ccn(-c2ccc([N+](=O)[O-])cc2)n1. The number of hydrogen-bond acceptors (Lipinski definition) is 5. The van der Waals surface area contributed by atoms with E-state index in [0.717, 1.165) is 4.68 Å². The summed E-state index contributed by atoms with van der Waals surface area (Å²) in [5, 5.41) is 21.0. The predicted octanol–water partition coefficient (Wildman–Crippen LogP) is 2.49. The van der Waals surface area contributed by atoms with Crippen molar-refractivity contribution >= 4 is 17.3 Å². The molecule has 1 N–H and O–H groups in total. The molecule has 0 radical (unpaired) electrons. The van der Waals surface area contributed by atoms with Crippen molar-refractivity contribution in [2.24, 2.45) is 0 Å². The number of aromatic nitrogens is 4. The number of carbonyl (C=O) groups is 1. The number of nitrogens with one attached hydrogen (secondary N) is 1. The summed E-state index contributed by atoms with van der Waals surface area (Å²) in [4.78, 5) is 22.3. The first-order valence-electron chi connectivity index (χ1n) is 7.35. The summed E-state index contributed by atoms with van der Waals surface area (Å²) in [6.45, 7) is -0.565. The molecule has 1 amide bonds. The van der Waals surface area contributed by atoms with Crippen LogP contribution in [0.5, 0.6) is 0 Å². The molecule has 0 aliphatic heterocycles. The minimum atomic E-state index is -2.55. The van der Waals surface area contributed by atoms with Gasteiger partial charge in [0, 0.05) is 24.5 Å². The smallest absolute Gasteiger partial charge is 0.276 e. The molecule has 26 heavy (non-hydrogen) atoms. The van der Waals surface area contributed by atoms with Gasteiger partial charge in [-0.2, -0.15) is 10.2 Å². The zero-order chi connectivity index (χ0) is 18.7. The second-order valence-corrected chi connectivity index (χ2v) is 5.22. The van der Waals surface area contributed by atoms with Gasteiger partial charge in [-0.1, -0.05) is 0 Å². The fourth-order valence-corrected chi connectivity index (χ4v) is 2.18. The monoisotopic (exact) mass is 362 g/mol. The van der Waals surface area contributed by atoms with Gasteiger partial charge in [0.2, 0.25) is 0 Å². The maximum absolute atomic E-state index is 12.3. The van der Waals surface area contributed by atoms with Crippen molar-refractivity contribution in [2.45, 2.75) is 13.0 Å². The average molecular weight is 362 g/mol. The highest BCUT2D eigenvalue weighted by atomic mass is 19.3. The Morgan fingerprint density at radius 1 is 1.27 bits per heavy atom. The lowest BCUT2D eigenvalue weighted by Gasteiger charge is -2.01. The molecule has 2 heterocycles. The number of non-ortho nitro benzene ring substituents is 1. The first-order chi connectivity index (χ1) is 12.4. The van der Waals surface area contributed by atoms with Gasteiger partial charge in [-0.3, -0.25) is 19.6 Å². The molecular weight excluding hydrogens is 350 g/mol. The molecule has 134 valence electrons. The molecule has 0 aliphatic carbocycles. The minimum absolute atomic E-state index is 0.0558. The second-order valence-electron chi connectivity index (χ2n) is 5.22. The van der Waals surface area contributed by atoms with E-state index >= 15 is 0 Å². The van der Waals surface area contributed by atoms with Crippen LogP contribution in [0, 0.1) is 10.1 Å². The number of nitro benzene ring substituents is 1. The Bertz CT molecular complexity index is 935. The van der Waals surface area contributed by atoms with Gasteiger partial charge in [-0.25, -0.2) is 13.5 Å². The molecule has 9 nitrogen and oxygen atoms in total. The van der Waals surface area contributed by atoms with E-state index in [1.54, 1.807) is 0 Å². The van der Waals surface area contributed by atoms with Gasteiger partial charge in [0.05, 0.1) is 22.5 Å². The number of anilines is 1. The standard InChI is InChI=1S/C15H12F2N6O3/c16-14(17)9-21-8-10(7-18-21)19-15(24)13-5-6-22(20-13)11-1-3-12(4-2-11)23(25)26/h1-8,14H,9H2,(H,19,24). The van der Waals surface area contributed by atoms with E-state index in [0.29, 0.717) is 5.69 Å². The van der Waals surface area contributed by atoms with E-state index in [1.165, 1.54) is 53.6 Å². The minimum Gasteiger partial charge on any atom is -0.318 e. The third-order valence-electron chi connectivity index (χ3n) is 3.36. The van der Waals surface area contributed by atoms with Gasteiger partial charge in [0.1, 0.15) is 6.54 Å². The molecule has 11 heteroatoms. The summed E-state index contributed by atoms with van der Waals surface area (Å²) < 4.78 is 27.0. The molecule has 0 spiro atoms. The average Bonchev–Trinajstić information content (AvgIpc) is 3.24. The van der Waals surface area contributed by atoms with E-state index in [9.17, 15) is 23.7 Å². The van der Waals surface area contributed by atoms with Crippen LogP contribution < -0.4 is 5.32 Å². The Balaban J connectivity index is 1.69. The van der Waals surface area contributed by atoms with Crippen molar-refractivity contribution in [3.05, 3.63) is 64.7 Å². The highest BCUT2D eigenvalue weighted by Gasteiger charge is 2.13. The second kappa shape index (κ2) is 7.09. The van der Waals surface area contributed by atoms with Crippen molar-refractivity contribution in [3.8, 4) is 5.69 Å². The molecule has 0 saturated heterocycles. The summed E-state index contributed by atoms with van der Waals surface area (Å²) in [5.74, 6) is -0.540. The Labute approximate surface area is 145 Å². The van der Waals surface area contributed by atoms with Crippen LogP contribution in [0.25, 0.3) is 5.69 Å². The number of benzene rings is 1. The van der Waals surface area contributed by atoms with E-state index < -0.39 is 23.8 Å². The van der Waals surface area contributed by atoms with Crippen LogP contribution in [0.15, 0.2) is 48.9 Å². The number of hydrogen-bond donors (Lipinski definition) is 1. The van der Waals surface area contributed by atoms with E-state index in [4.69, 9.17) is 0 Å². The summed E-state index contributed by atoms with van der Waals surface area (Å²) in [7, 11) is 0. The lowest BCUT2D eigenvalue weighted by Crippen LogP contribution is -2.13. The van der Waals surface area contributed by atoms with Crippen molar-refractivity contribution in [3.63, 3.8) is 0 Å². The van der Waals surface area contributed by atoms with E-state index in [1.807, 2.05) is 0 Å². The summed E-state index contributed by atoms with van der Waals surface area (Å²) in [5.41, 5.74) is 0.838. The molecular formula is C15H12F2N6O3. The summed E-state index contributed by atoms with van der Waals surface area (Å²) in [6, 6.07) is 7.12. The Morgan fingerprint density at radius 3 is 2.65 bits per heavy atom. The van der Waals surface area contributed by atoms with Gasteiger partial charge < -0.3 is 5.32 Å². The first-order valence-corrected chi connectivity index (χ1v) is 7.35. The first kappa shape index (κ1) is 17.2. The quantitative estimate of drug-likeness (QED) is 0.535. The van der Waals surface area contributed by atoms with Gasteiger partial charge in [-0.05, 0) is 18.2 Å². The van der Waals surface area contributed by atoms with Crippen LogP contribution >= 0.6 is 0 Å². The van der Waals surface area contributed by atoms with Crippen LogP contribution in [0.3, 0.4) is 0 Å². The molecule has 1 aromatic carbocycles. The maximum atomic E-state index is 12.3. The highest BCUT2D eigenvalue weighted by molar-refractivity contribution is 6.02. The highest BCUT2D eigenvalue weighted by Crippen LogP contribution is 2.15. The molecule has 2 aromatic heterocycles. The van der Waals surface area contributed by atoms with E-state index in [-0.39, 0.29) is 17.1 Å². The molecule has 0 atom stereocenters.